The molecular weight excluding hydrogens is 238 g/mol. The molecule has 0 spiro atoms. The van der Waals surface area contributed by atoms with E-state index in [0.717, 1.165) is 57.5 Å². The summed E-state index contributed by atoms with van der Waals surface area (Å²) in [5, 5.41) is 3.38. The molecule has 0 bridgehead atoms. The van der Waals surface area contributed by atoms with Gasteiger partial charge in [0, 0.05) is 6.54 Å². The van der Waals surface area contributed by atoms with E-state index in [-0.39, 0.29) is 17.5 Å². The number of ether oxygens (including phenoxy) is 1. The molecule has 0 aromatic heterocycles. The highest BCUT2D eigenvalue weighted by atomic mass is 16.5. The summed E-state index contributed by atoms with van der Waals surface area (Å²) in [5.74, 6) is 0.872. The summed E-state index contributed by atoms with van der Waals surface area (Å²) in [6.07, 6.45) is 8.81. The van der Waals surface area contributed by atoms with E-state index in [1.807, 2.05) is 0 Å². The Balaban J connectivity index is 1.92. The van der Waals surface area contributed by atoms with Crippen LogP contribution < -0.4 is 5.32 Å². The normalized spacial score (nSPS) is 35.9. The van der Waals surface area contributed by atoms with Crippen molar-refractivity contribution in [3.63, 3.8) is 0 Å². The fourth-order valence-electron chi connectivity index (χ4n) is 3.56. The molecule has 110 valence electrons. The third-order valence-corrected chi connectivity index (χ3v) is 4.87. The molecular formula is C16H29NO2. The molecule has 1 unspecified atom stereocenters. The number of esters is 1. The molecule has 1 aliphatic heterocycles. The van der Waals surface area contributed by atoms with Gasteiger partial charge in [0.1, 0.15) is 6.10 Å². The van der Waals surface area contributed by atoms with Gasteiger partial charge in [0.05, 0.1) is 5.41 Å². The zero-order chi connectivity index (χ0) is 13.7. The van der Waals surface area contributed by atoms with Gasteiger partial charge >= 0.3 is 5.97 Å². The van der Waals surface area contributed by atoms with Crippen molar-refractivity contribution in [3.8, 4) is 0 Å². The summed E-state index contributed by atoms with van der Waals surface area (Å²) < 4.78 is 5.86. The second-order valence-electron chi connectivity index (χ2n) is 6.60. The van der Waals surface area contributed by atoms with Gasteiger partial charge in [-0.3, -0.25) is 4.79 Å². The lowest BCUT2D eigenvalue weighted by Crippen LogP contribution is -2.47. The molecule has 0 aromatic rings. The Kier molecular flexibility index (Phi) is 5.26. The standard InChI is InChI=1S/C16H29NO2/c1-3-9-16(10-4-11-17-12-16)15(18)19-14-7-5-13(2)6-8-14/h13-14,17H,3-12H2,1-2H3. The van der Waals surface area contributed by atoms with E-state index >= 15 is 0 Å². The van der Waals surface area contributed by atoms with Crippen LogP contribution in [0.3, 0.4) is 0 Å². The Morgan fingerprint density at radius 2 is 2.05 bits per heavy atom. The number of piperidine rings is 1. The average molecular weight is 267 g/mol. The monoisotopic (exact) mass is 267 g/mol. The van der Waals surface area contributed by atoms with Crippen molar-refractivity contribution in [1.29, 1.82) is 0 Å². The summed E-state index contributed by atoms with van der Waals surface area (Å²) in [7, 11) is 0. The van der Waals surface area contributed by atoms with Crippen molar-refractivity contribution in [2.45, 2.75) is 71.3 Å². The SMILES string of the molecule is CCCC1(C(=O)OC2CCC(C)CC2)CCCNC1. The van der Waals surface area contributed by atoms with E-state index in [4.69, 9.17) is 4.74 Å². The van der Waals surface area contributed by atoms with Gasteiger partial charge in [-0.2, -0.15) is 0 Å². The van der Waals surface area contributed by atoms with Gasteiger partial charge in [-0.05, 0) is 57.4 Å². The molecule has 1 aliphatic carbocycles. The van der Waals surface area contributed by atoms with Crippen LogP contribution in [-0.2, 0) is 9.53 Å². The van der Waals surface area contributed by atoms with Crippen LogP contribution >= 0.6 is 0 Å². The first kappa shape index (κ1) is 14.8. The molecule has 1 heterocycles. The highest BCUT2D eigenvalue weighted by Gasteiger charge is 2.41. The fraction of sp³-hybridized carbons (Fsp3) is 0.938. The van der Waals surface area contributed by atoms with Crippen LogP contribution in [0.2, 0.25) is 0 Å². The van der Waals surface area contributed by atoms with Crippen molar-refractivity contribution in [2.24, 2.45) is 11.3 Å². The molecule has 3 nitrogen and oxygen atoms in total. The third-order valence-electron chi connectivity index (χ3n) is 4.87. The maximum Gasteiger partial charge on any atom is 0.313 e. The zero-order valence-electron chi connectivity index (χ0n) is 12.5. The molecule has 3 heteroatoms. The molecule has 19 heavy (non-hydrogen) atoms. The summed E-state index contributed by atoms with van der Waals surface area (Å²) in [5.41, 5.74) is -0.240. The van der Waals surface area contributed by atoms with Gasteiger partial charge in [-0.15, -0.1) is 0 Å². The van der Waals surface area contributed by atoms with Crippen molar-refractivity contribution in [1.82, 2.24) is 5.32 Å². The second-order valence-corrected chi connectivity index (χ2v) is 6.60. The smallest absolute Gasteiger partial charge is 0.313 e. The molecule has 0 radical (unpaired) electrons. The largest absolute Gasteiger partial charge is 0.462 e. The Hall–Kier alpha value is -0.570. The molecule has 1 saturated carbocycles. The number of rotatable bonds is 4. The van der Waals surface area contributed by atoms with Crippen LogP contribution in [0, 0.1) is 11.3 Å². The average Bonchev–Trinajstić information content (AvgIpc) is 2.43. The van der Waals surface area contributed by atoms with E-state index in [0.29, 0.717) is 0 Å². The quantitative estimate of drug-likeness (QED) is 0.794. The lowest BCUT2D eigenvalue weighted by Gasteiger charge is -2.37. The van der Waals surface area contributed by atoms with Crippen LogP contribution in [0.25, 0.3) is 0 Å². The van der Waals surface area contributed by atoms with Crippen molar-refractivity contribution in [3.05, 3.63) is 0 Å². The Bertz CT molecular complexity index is 284. The van der Waals surface area contributed by atoms with Crippen molar-refractivity contribution < 1.29 is 9.53 Å². The summed E-state index contributed by atoms with van der Waals surface area (Å²) in [6.45, 7) is 6.30. The third kappa shape index (κ3) is 3.71. The lowest BCUT2D eigenvalue weighted by molar-refractivity contribution is -0.165. The molecule has 1 saturated heterocycles. The van der Waals surface area contributed by atoms with Crippen LogP contribution in [0.4, 0.5) is 0 Å². The van der Waals surface area contributed by atoms with Crippen LogP contribution in [-0.4, -0.2) is 25.2 Å². The summed E-state index contributed by atoms with van der Waals surface area (Å²) >= 11 is 0. The van der Waals surface area contributed by atoms with Gasteiger partial charge < -0.3 is 10.1 Å². The Morgan fingerprint density at radius 3 is 2.63 bits per heavy atom. The van der Waals surface area contributed by atoms with E-state index in [2.05, 4.69) is 19.2 Å². The predicted molar refractivity (Wildman–Crippen MR) is 77.0 cm³/mol. The zero-order valence-corrected chi connectivity index (χ0v) is 12.5. The maximum atomic E-state index is 12.6. The molecule has 0 amide bonds. The summed E-state index contributed by atoms with van der Waals surface area (Å²) in [6, 6.07) is 0. The van der Waals surface area contributed by atoms with E-state index in [9.17, 15) is 4.79 Å². The minimum Gasteiger partial charge on any atom is -0.462 e. The number of carbonyl (C=O) groups is 1. The minimum absolute atomic E-state index is 0.0705. The molecule has 2 rings (SSSR count). The fourth-order valence-corrected chi connectivity index (χ4v) is 3.56. The number of hydrogen-bond acceptors (Lipinski definition) is 3. The van der Waals surface area contributed by atoms with E-state index < -0.39 is 0 Å². The first-order chi connectivity index (χ1) is 9.16. The number of hydrogen-bond donors (Lipinski definition) is 1. The first-order valence-corrected chi connectivity index (χ1v) is 8.08. The van der Waals surface area contributed by atoms with Gasteiger partial charge in [-0.25, -0.2) is 0 Å². The highest BCUT2D eigenvalue weighted by Crippen LogP contribution is 2.35. The molecule has 1 N–H and O–H groups in total. The number of nitrogens with one attached hydrogen (secondary N) is 1. The topological polar surface area (TPSA) is 38.3 Å². The van der Waals surface area contributed by atoms with Crippen molar-refractivity contribution in [2.75, 3.05) is 13.1 Å². The highest BCUT2D eigenvalue weighted by molar-refractivity contribution is 5.77. The first-order valence-electron chi connectivity index (χ1n) is 8.08. The second kappa shape index (κ2) is 6.74. The van der Waals surface area contributed by atoms with Crippen LogP contribution in [0.5, 0.6) is 0 Å². The number of carbonyl (C=O) groups excluding carboxylic acids is 1. The van der Waals surface area contributed by atoms with Gasteiger partial charge in [0.15, 0.2) is 0 Å². The maximum absolute atomic E-state index is 12.6. The minimum atomic E-state index is -0.240. The van der Waals surface area contributed by atoms with Crippen LogP contribution in [0.15, 0.2) is 0 Å². The van der Waals surface area contributed by atoms with Crippen molar-refractivity contribution >= 4 is 5.97 Å². The molecule has 2 fully saturated rings. The Labute approximate surface area is 117 Å². The van der Waals surface area contributed by atoms with Gasteiger partial charge in [-0.1, -0.05) is 20.3 Å². The van der Waals surface area contributed by atoms with E-state index in [1.165, 1.54) is 12.8 Å². The molecule has 1 atom stereocenters. The molecule has 2 aliphatic rings. The Morgan fingerprint density at radius 1 is 1.32 bits per heavy atom. The lowest BCUT2D eigenvalue weighted by atomic mass is 9.77. The van der Waals surface area contributed by atoms with Crippen LogP contribution in [0.1, 0.15) is 65.2 Å². The van der Waals surface area contributed by atoms with E-state index in [1.54, 1.807) is 0 Å². The summed E-state index contributed by atoms with van der Waals surface area (Å²) in [4.78, 5) is 12.6. The van der Waals surface area contributed by atoms with Gasteiger partial charge in [0.2, 0.25) is 0 Å². The predicted octanol–water partition coefficient (Wildman–Crippen LogP) is 3.28. The van der Waals surface area contributed by atoms with Gasteiger partial charge in [0.25, 0.3) is 0 Å². The molecule has 0 aromatic carbocycles.